The topological polar surface area (TPSA) is 114 Å². The van der Waals surface area contributed by atoms with Gasteiger partial charge >= 0.3 is 11.9 Å². The molecule has 10 heteroatoms. The molecule has 0 saturated carbocycles. The number of fused-ring (bicyclic) bond motifs is 4. The third kappa shape index (κ3) is 3.62. The van der Waals surface area contributed by atoms with E-state index in [1.807, 2.05) is 48.5 Å². The Kier molecular flexibility index (Phi) is 5.62. The lowest BCUT2D eigenvalue weighted by Crippen LogP contribution is -2.15. The molecule has 34 heavy (non-hydrogen) atoms. The van der Waals surface area contributed by atoms with Crippen LogP contribution in [0.5, 0.6) is 0 Å². The van der Waals surface area contributed by atoms with Gasteiger partial charge in [0, 0.05) is 20.9 Å². The van der Waals surface area contributed by atoms with Crippen molar-refractivity contribution in [1.82, 2.24) is 30.0 Å². The molecule has 2 heterocycles. The van der Waals surface area contributed by atoms with E-state index in [4.69, 9.17) is 9.47 Å². The maximum absolute atomic E-state index is 12.3. The van der Waals surface area contributed by atoms with Gasteiger partial charge in [-0.3, -0.25) is 9.59 Å². The molecule has 1 aliphatic carbocycles. The third-order valence-corrected chi connectivity index (χ3v) is 5.51. The summed E-state index contributed by atoms with van der Waals surface area (Å²) in [7, 11) is 0. The van der Waals surface area contributed by atoms with Crippen LogP contribution in [0, 0.1) is 42.3 Å². The van der Waals surface area contributed by atoms with Crippen LogP contribution in [-0.2, 0) is 32.2 Å². The SMILES string of the molecule is CCOC(=O)Cn1nnc2/c1=c1/cccc/c1=c1\nnn(CC(=O)OCC)\c1=c1/cccc/c1=2. The summed E-state index contributed by atoms with van der Waals surface area (Å²) < 4.78 is 13.4. The normalized spacial score (nSPS) is 15.6. The van der Waals surface area contributed by atoms with E-state index in [9.17, 15) is 9.59 Å². The quantitative estimate of drug-likeness (QED) is 0.351. The van der Waals surface area contributed by atoms with Crippen LogP contribution < -0.4 is 0 Å². The van der Waals surface area contributed by atoms with E-state index >= 15 is 0 Å². The summed E-state index contributed by atoms with van der Waals surface area (Å²) in [5, 5.41) is 23.2. The highest BCUT2D eigenvalue weighted by atomic mass is 16.5. The van der Waals surface area contributed by atoms with Gasteiger partial charge in [0.2, 0.25) is 0 Å². The number of hydrogen-bond acceptors (Lipinski definition) is 8. The molecule has 172 valence electrons. The smallest absolute Gasteiger partial charge is 0.327 e. The average molecular weight is 458 g/mol. The Morgan fingerprint density at radius 1 is 0.676 bits per heavy atom. The zero-order valence-electron chi connectivity index (χ0n) is 18.8. The second-order valence-corrected chi connectivity index (χ2v) is 7.59. The predicted octanol–water partition coefficient (Wildman–Crippen LogP) is 1.46. The number of carbonyl (C=O) groups is 2. The van der Waals surface area contributed by atoms with Crippen molar-refractivity contribution < 1.29 is 19.1 Å². The number of hydrogen-bond donors (Lipinski definition) is 0. The van der Waals surface area contributed by atoms with Crippen molar-refractivity contribution in [2.45, 2.75) is 26.9 Å². The highest BCUT2D eigenvalue weighted by Gasteiger charge is 2.14. The van der Waals surface area contributed by atoms with Crippen molar-refractivity contribution in [3.8, 4) is 0 Å². The predicted molar refractivity (Wildman–Crippen MR) is 117 cm³/mol. The highest BCUT2D eigenvalue weighted by molar-refractivity contribution is 5.69. The van der Waals surface area contributed by atoms with Crippen LogP contribution in [0.4, 0.5) is 0 Å². The minimum atomic E-state index is -0.399. The second kappa shape index (κ2) is 8.89. The number of nitrogens with zero attached hydrogens (tertiary/aromatic N) is 6. The summed E-state index contributed by atoms with van der Waals surface area (Å²) in [4.78, 5) is 24.6. The van der Waals surface area contributed by atoms with Crippen molar-refractivity contribution in [1.29, 1.82) is 0 Å². The van der Waals surface area contributed by atoms with Crippen LogP contribution in [0.2, 0.25) is 0 Å². The van der Waals surface area contributed by atoms with Gasteiger partial charge in [-0.25, -0.2) is 9.36 Å². The molecule has 0 saturated heterocycles. The van der Waals surface area contributed by atoms with E-state index in [-0.39, 0.29) is 26.3 Å². The lowest BCUT2D eigenvalue weighted by atomic mass is 10.1. The second-order valence-electron chi connectivity index (χ2n) is 7.59. The van der Waals surface area contributed by atoms with Gasteiger partial charge in [0.25, 0.3) is 0 Å². The Morgan fingerprint density at radius 3 is 1.44 bits per heavy atom. The Labute approximate surface area is 192 Å². The highest BCUT2D eigenvalue weighted by Crippen LogP contribution is 2.11. The largest absolute Gasteiger partial charge is 0.465 e. The molecule has 2 aromatic carbocycles. The first kappa shape index (κ1) is 21.5. The van der Waals surface area contributed by atoms with Crippen LogP contribution in [-0.4, -0.2) is 55.1 Å². The monoisotopic (exact) mass is 458 g/mol. The maximum atomic E-state index is 12.3. The summed E-state index contributed by atoms with van der Waals surface area (Å²) >= 11 is 0. The van der Waals surface area contributed by atoms with E-state index in [0.29, 0.717) is 21.4 Å². The van der Waals surface area contributed by atoms with Gasteiger partial charge in [-0.2, -0.15) is 0 Å². The molecule has 0 atom stereocenters. The lowest BCUT2D eigenvalue weighted by Gasteiger charge is -2.03. The van der Waals surface area contributed by atoms with Crippen molar-refractivity contribution in [3.05, 3.63) is 90.8 Å². The Hall–Kier alpha value is -4.34. The molecule has 0 amide bonds. The molecule has 0 aliphatic heterocycles. The maximum Gasteiger partial charge on any atom is 0.327 e. The summed E-state index contributed by atoms with van der Waals surface area (Å²) in [6.45, 7) is 3.93. The molecule has 1 aliphatic rings. The number of carbonyl (C=O) groups excluding carboxylic acids is 2. The fourth-order valence-corrected chi connectivity index (χ4v) is 4.19. The zero-order chi connectivity index (χ0) is 23.7. The number of aromatic nitrogens is 6. The zero-order valence-corrected chi connectivity index (χ0v) is 18.8. The molecule has 0 fully saturated rings. The van der Waals surface area contributed by atoms with Gasteiger partial charge in [-0.1, -0.05) is 59.0 Å². The molecular formula is C24H22N6O4. The summed E-state index contributed by atoms with van der Waals surface area (Å²) in [5.74, 6) is -0.798. The molecule has 2 aromatic heterocycles. The van der Waals surface area contributed by atoms with Crippen molar-refractivity contribution in [3.63, 3.8) is 0 Å². The minimum absolute atomic E-state index is 0.0743. The minimum Gasteiger partial charge on any atom is -0.465 e. The number of benzene rings is 2. The first-order valence-corrected chi connectivity index (χ1v) is 11.0. The first-order valence-electron chi connectivity index (χ1n) is 11.0. The van der Waals surface area contributed by atoms with Crippen molar-refractivity contribution in [2.24, 2.45) is 0 Å². The lowest BCUT2D eigenvalue weighted by molar-refractivity contribution is -0.145. The summed E-state index contributed by atoms with van der Waals surface area (Å²) in [5.41, 5.74) is 0. The van der Waals surface area contributed by atoms with Crippen molar-refractivity contribution in [2.75, 3.05) is 13.2 Å². The fraction of sp³-hybridized carbons (Fsp3) is 0.250. The molecule has 10 nitrogen and oxygen atoms in total. The number of esters is 2. The standard InChI is InChI=1S/C24H22N6O4/c1-3-33-19(31)13-29-23-17-11-7-5-9-15(17)22-24(30(28-26-22)14-20(32)34-4-2)18-12-8-6-10-16(18)21(23)25-27-29/h5-12H,3-4,13-14H2,1-2H3/b21-16+,22-15+,23-17+,24-18+. The van der Waals surface area contributed by atoms with Gasteiger partial charge < -0.3 is 9.47 Å². The van der Waals surface area contributed by atoms with Crippen LogP contribution in [0.3, 0.4) is 0 Å². The van der Waals surface area contributed by atoms with Crippen molar-refractivity contribution >= 4 is 11.9 Å². The Bertz CT molecular complexity index is 1660. The van der Waals surface area contributed by atoms with E-state index in [0.717, 1.165) is 20.9 Å². The van der Waals surface area contributed by atoms with E-state index in [2.05, 4.69) is 20.6 Å². The number of rotatable bonds is 6. The average Bonchev–Trinajstić information content (AvgIpc) is 3.42. The Balaban J connectivity index is 2.02. The van der Waals surface area contributed by atoms with E-state index in [1.54, 1.807) is 23.2 Å². The van der Waals surface area contributed by atoms with Gasteiger partial charge in [-0.15, -0.1) is 10.2 Å². The molecule has 0 radical (unpaired) electrons. The molecule has 0 unspecified atom stereocenters. The molecule has 5 rings (SSSR count). The molecule has 4 aromatic rings. The van der Waals surface area contributed by atoms with Gasteiger partial charge in [0.05, 0.1) is 23.9 Å². The van der Waals surface area contributed by atoms with Gasteiger partial charge in [-0.05, 0) is 13.8 Å². The van der Waals surface area contributed by atoms with Crippen LogP contribution in [0.1, 0.15) is 13.8 Å². The fourth-order valence-electron chi connectivity index (χ4n) is 4.19. The molecule has 0 N–H and O–H groups in total. The molecule has 0 spiro atoms. The van der Waals surface area contributed by atoms with E-state index in [1.165, 1.54) is 0 Å². The number of ether oxygens (including phenoxy) is 2. The molecule has 0 bridgehead atoms. The van der Waals surface area contributed by atoms with Gasteiger partial charge in [0.1, 0.15) is 23.8 Å². The third-order valence-electron chi connectivity index (χ3n) is 5.51. The van der Waals surface area contributed by atoms with E-state index < -0.39 is 11.9 Å². The Morgan fingerprint density at radius 2 is 1.06 bits per heavy atom. The summed E-state index contributed by atoms with van der Waals surface area (Å²) in [6, 6.07) is 15.3. The van der Waals surface area contributed by atoms with Crippen LogP contribution >= 0.6 is 0 Å². The van der Waals surface area contributed by atoms with Crippen LogP contribution in [0.15, 0.2) is 48.5 Å². The van der Waals surface area contributed by atoms with Crippen LogP contribution in [0.25, 0.3) is 0 Å². The van der Waals surface area contributed by atoms with Gasteiger partial charge in [0.15, 0.2) is 0 Å². The first-order chi connectivity index (χ1) is 16.6. The molecular weight excluding hydrogens is 436 g/mol. The summed E-state index contributed by atoms with van der Waals surface area (Å²) in [6.07, 6.45) is 0.